The van der Waals surface area contributed by atoms with Gasteiger partial charge in [-0.25, -0.2) is 9.37 Å². The Morgan fingerprint density at radius 1 is 1.19 bits per heavy atom. The molecule has 3 aromatic rings. The van der Waals surface area contributed by atoms with Crippen LogP contribution >= 0.6 is 15.9 Å². The van der Waals surface area contributed by atoms with Crippen LogP contribution in [0.1, 0.15) is 44.6 Å². The summed E-state index contributed by atoms with van der Waals surface area (Å²) in [6, 6.07) is 10.9. The second-order valence-corrected chi connectivity index (χ2v) is 9.18. The van der Waals surface area contributed by atoms with Crippen LogP contribution in [0.2, 0.25) is 0 Å². The van der Waals surface area contributed by atoms with Gasteiger partial charge in [-0.05, 0) is 39.2 Å². The van der Waals surface area contributed by atoms with E-state index >= 15 is 0 Å². The molecule has 2 aromatic carbocycles. The summed E-state index contributed by atoms with van der Waals surface area (Å²) in [5, 5.41) is 4.30. The van der Waals surface area contributed by atoms with Crippen molar-refractivity contribution < 1.29 is 27.2 Å². The van der Waals surface area contributed by atoms with E-state index in [9.17, 15) is 27.2 Å². The summed E-state index contributed by atoms with van der Waals surface area (Å²) in [7, 11) is 0. The lowest BCUT2D eigenvalue weighted by Gasteiger charge is -2.29. The number of imidazole rings is 1. The minimum Gasteiger partial charge on any atom is -0.331 e. The van der Waals surface area contributed by atoms with Gasteiger partial charge >= 0.3 is 6.18 Å². The van der Waals surface area contributed by atoms with Crippen LogP contribution in [0.25, 0.3) is 0 Å². The van der Waals surface area contributed by atoms with Crippen LogP contribution in [0.4, 0.5) is 17.6 Å². The van der Waals surface area contributed by atoms with Crippen molar-refractivity contribution in [1.29, 1.82) is 0 Å². The van der Waals surface area contributed by atoms with Gasteiger partial charge in [0.2, 0.25) is 5.82 Å². The zero-order chi connectivity index (χ0) is 25.6. The number of hydrazone groups is 1. The SMILES string of the molecule is O=CC1NN=C(Cc2ccc(F)c(C(=O)N3CCn4c(C(F)(F)F)nc(Br)c4C3)c2)c2ccccc21. The van der Waals surface area contributed by atoms with Crippen molar-refractivity contribution in [2.75, 3.05) is 6.54 Å². The van der Waals surface area contributed by atoms with Crippen LogP contribution in [0.5, 0.6) is 0 Å². The predicted octanol–water partition coefficient (Wildman–Crippen LogP) is 4.25. The molecule has 36 heavy (non-hydrogen) atoms. The predicted molar refractivity (Wildman–Crippen MR) is 125 cm³/mol. The Hall–Kier alpha value is -3.54. The molecule has 0 saturated carbocycles. The Balaban J connectivity index is 1.39. The highest BCUT2D eigenvalue weighted by Crippen LogP contribution is 2.34. The summed E-state index contributed by atoms with van der Waals surface area (Å²) < 4.78 is 55.5. The summed E-state index contributed by atoms with van der Waals surface area (Å²) >= 11 is 3.05. The molecule has 0 bridgehead atoms. The van der Waals surface area contributed by atoms with Gasteiger partial charge in [-0.15, -0.1) is 0 Å². The molecule has 0 aliphatic carbocycles. The highest BCUT2D eigenvalue weighted by Gasteiger charge is 2.40. The van der Waals surface area contributed by atoms with Gasteiger partial charge in [0, 0.05) is 25.1 Å². The molecule has 0 radical (unpaired) electrons. The van der Waals surface area contributed by atoms with Crippen molar-refractivity contribution >= 4 is 33.8 Å². The molecule has 1 N–H and O–H groups in total. The number of carbonyl (C=O) groups excluding carboxylic acids is 2. The van der Waals surface area contributed by atoms with E-state index in [4.69, 9.17) is 0 Å². The van der Waals surface area contributed by atoms with Crippen LogP contribution in [-0.2, 0) is 30.5 Å². The van der Waals surface area contributed by atoms with Gasteiger partial charge in [-0.1, -0.05) is 30.3 Å². The van der Waals surface area contributed by atoms with Crippen LogP contribution in [0.15, 0.2) is 52.2 Å². The number of benzene rings is 2. The van der Waals surface area contributed by atoms with E-state index < -0.39 is 29.8 Å². The van der Waals surface area contributed by atoms with Gasteiger partial charge in [0.25, 0.3) is 5.91 Å². The molecule has 5 rings (SSSR count). The van der Waals surface area contributed by atoms with E-state index in [1.54, 1.807) is 6.07 Å². The van der Waals surface area contributed by atoms with Crippen molar-refractivity contribution in [1.82, 2.24) is 19.9 Å². The fraction of sp³-hybridized carbons (Fsp3) is 0.250. The third-order valence-electron chi connectivity index (χ3n) is 6.21. The molecule has 2 aliphatic heterocycles. The monoisotopic (exact) mass is 563 g/mol. The Bertz CT molecular complexity index is 1400. The number of hydrogen-bond acceptors (Lipinski definition) is 5. The number of nitrogens with one attached hydrogen (secondary N) is 1. The van der Waals surface area contributed by atoms with E-state index in [1.807, 2.05) is 24.3 Å². The molecule has 1 atom stereocenters. The van der Waals surface area contributed by atoms with E-state index in [-0.39, 0.29) is 41.9 Å². The summed E-state index contributed by atoms with van der Waals surface area (Å²) in [6.07, 6.45) is -3.60. The molecule has 1 unspecified atom stereocenters. The minimum absolute atomic E-state index is 0.00310. The van der Waals surface area contributed by atoms with Crippen LogP contribution < -0.4 is 5.43 Å². The molecule has 1 amide bonds. The third-order valence-corrected chi connectivity index (χ3v) is 6.85. The maximum atomic E-state index is 14.7. The molecule has 0 fully saturated rings. The van der Waals surface area contributed by atoms with Gasteiger partial charge < -0.3 is 14.3 Å². The molecule has 7 nitrogen and oxygen atoms in total. The lowest BCUT2D eigenvalue weighted by atomic mass is 9.92. The molecule has 186 valence electrons. The number of alkyl halides is 3. The van der Waals surface area contributed by atoms with Crippen molar-refractivity contribution in [3.05, 3.63) is 86.7 Å². The van der Waals surface area contributed by atoms with Gasteiger partial charge in [0.1, 0.15) is 22.7 Å². The topological polar surface area (TPSA) is 79.6 Å². The summed E-state index contributed by atoms with van der Waals surface area (Å²) in [5.74, 6) is -2.40. The fourth-order valence-corrected chi connectivity index (χ4v) is 4.98. The maximum absolute atomic E-state index is 14.7. The third kappa shape index (κ3) is 4.29. The molecular formula is C24H18BrF4N5O2. The number of nitrogens with zero attached hydrogens (tertiary/aromatic N) is 4. The van der Waals surface area contributed by atoms with Gasteiger partial charge in [0.15, 0.2) is 0 Å². The number of hydrogen-bond donors (Lipinski definition) is 1. The van der Waals surface area contributed by atoms with Crippen molar-refractivity contribution in [2.24, 2.45) is 5.10 Å². The average Bonchev–Trinajstić information content (AvgIpc) is 3.21. The zero-order valence-electron chi connectivity index (χ0n) is 18.5. The standard InChI is InChI=1S/C24H18BrF4N5O2/c25-21-20-11-33(7-8-34(20)23(30-21)24(27,28)29)22(36)16-9-13(5-6-17(16)26)10-18-14-3-1-2-4-15(14)19(12-35)32-31-18/h1-6,9,12,19,32H,7-8,10-11H2. The van der Waals surface area contributed by atoms with Crippen LogP contribution in [0.3, 0.4) is 0 Å². The number of aromatic nitrogens is 2. The average molecular weight is 564 g/mol. The van der Waals surface area contributed by atoms with E-state index in [1.165, 1.54) is 17.0 Å². The normalized spacial score (nSPS) is 17.1. The van der Waals surface area contributed by atoms with Gasteiger partial charge in [0.05, 0.1) is 23.5 Å². The highest BCUT2D eigenvalue weighted by atomic mass is 79.9. The molecular weight excluding hydrogens is 546 g/mol. The largest absolute Gasteiger partial charge is 0.449 e. The summed E-state index contributed by atoms with van der Waals surface area (Å²) in [6.45, 7) is -0.297. The van der Waals surface area contributed by atoms with Crippen molar-refractivity contribution in [3.63, 3.8) is 0 Å². The van der Waals surface area contributed by atoms with Gasteiger partial charge in [-0.2, -0.15) is 18.3 Å². The Kier molecular flexibility index (Phi) is 6.15. The molecule has 0 spiro atoms. The molecule has 1 aromatic heterocycles. The number of rotatable bonds is 4. The number of aldehydes is 1. The lowest BCUT2D eigenvalue weighted by Crippen LogP contribution is -2.39. The second kappa shape index (κ2) is 9.16. The number of carbonyl (C=O) groups is 2. The summed E-state index contributed by atoms with van der Waals surface area (Å²) in [5.41, 5.74) is 5.60. The first-order chi connectivity index (χ1) is 17.2. The van der Waals surface area contributed by atoms with E-state index in [2.05, 4.69) is 31.4 Å². The minimum atomic E-state index is -4.63. The lowest BCUT2D eigenvalue weighted by molar-refractivity contribution is -0.147. The van der Waals surface area contributed by atoms with E-state index in [0.29, 0.717) is 11.3 Å². The van der Waals surface area contributed by atoms with Crippen LogP contribution in [0, 0.1) is 5.82 Å². The number of amides is 1. The quantitative estimate of drug-likeness (QED) is 0.380. The Morgan fingerprint density at radius 2 is 1.97 bits per heavy atom. The smallest absolute Gasteiger partial charge is 0.331 e. The fourth-order valence-electron chi connectivity index (χ4n) is 4.48. The maximum Gasteiger partial charge on any atom is 0.449 e. The van der Waals surface area contributed by atoms with Crippen LogP contribution in [-0.4, -0.2) is 38.9 Å². The Labute approximate surface area is 210 Å². The molecule has 12 heteroatoms. The second-order valence-electron chi connectivity index (χ2n) is 8.43. The molecule has 3 heterocycles. The summed E-state index contributed by atoms with van der Waals surface area (Å²) in [4.78, 5) is 29.4. The Morgan fingerprint density at radius 3 is 2.72 bits per heavy atom. The number of halogens is 5. The first-order valence-corrected chi connectivity index (χ1v) is 11.7. The van der Waals surface area contributed by atoms with Crippen molar-refractivity contribution in [2.45, 2.75) is 31.7 Å². The van der Waals surface area contributed by atoms with Gasteiger partial charge in [-0.3, -0.25) is 10.2 Å². The zero-order valence-corrected chi connectivity index (χ0v) is 20.1. The molecule has 2 aliphatic rings. The number of fused-ring (bicyclic) bond motifs is 2. The van der Waals surface area contributed by atoms with Crippen molar-refractivity contribution in [3.8, 4) is 0 Å². The first-order valence-electron chi connectivity index (χ1n) is 10.9. The first kappa shape index (κ1) is 24.2. The molecule has 0 saturated heterocycles. The highest BCUT2D eigenvalue weighted by molar-refractivity contribution is 9.10. The van der Waals surface area contributed by atoms with E-state index in [0.717, 1.165) is 22.0 Å².